The Bertz CT molecular complexity index is 838. The molecule has 0 fully saturated rings. The number of carbonyl (C=O) groups is 1. The smallest absolute Gasteiger partial charge is 0.280 e. The molecule has 0 aliphatic heterocycles. The standard InChI is InChI=1S/C19H18Cl2N2O3/c1-3-5-13-6-4-7-14(18(13)24)11-22-23-19(25)12(2)26-17-9-8-15(20)10-16(17)21/h3-4,6-12,24H,1,5H2,2H3,(H,23,25). The quantitative estimate of drug-likeness (QED) is 0.418. The number of nitrogens with one attached hydrogen (secondary N) is 1. The number of hydrazone groups is 1. The van der Waals surface area contributed by atoms with E-state index in [4.69, 9.17) is 27.9 Å². The molecular formula is C19H18Cl2N2O3. The monoisotopic (exact) mass is 392 g/mol. The van der Waals surface area contributed by atoms with Crippen molar-refractivity contribution >= 4 is 35.3 Å². The Morgan fingerprint density at radius 2 is 2.15 bits per heavy atom. The number of phenols is 1. The van der Waals surface area contributed by atoms with Gasteiger partial charge in [0.25, 0.3) is 5.91 Å². The van der Waals surface area contributed by atoms with Gasteiger partial charge in [0.15, 0.2) is 6.10 Å². The van der Waals surface area contributed by atoms with E-state index in [9.17, 15) is 9.90 Å². The molecule has 7 heteroatoms. The van der Waals surface area contributed by atoms with Crippen molar-refractivity contribution in [1.82, 2.24) is 5.43 Å². The van der Waals surface area contributed by atoms with Crippen molar-refractivity contribution in [1.29, 1.82) is 0 Å². The third-order valence-corrected chi connectivity index (χ3v) is 3.99. The number of hydrogen-bond acceptors (Lipinski definition) is 4. The highest BCUT2D eigenvalue weighted by atomic mass is 35.5. The second kappa shape index (κ2) is 9.27. The summed E-state index contributed by atoms with van der Waals surface area (Å²) in [6.07, 6.45) is 2.76. The summed E-state index contributed by atoms with van der Waals surface area (Å²) in [5.41, 5.74) is 3.58. The highest BCUT2D eigenvalue weighted by Gasteiger charge is 2.15. The van der Waals surface area contributed by atoms with Crippen molar-refractivity contribution in [3.8, 4) is 11.5 Å². The van der Waals surface area contributed by atoms with Gasteiger partial charge in [0.1, 0.15) is 11.5 Å². The molecule has 2 N–H and O–H groups in total. The fraction of sp³-hybridized carbons (Fsp3) is 0.158. The molecule has 0 aromatic heterocycles. The van der Waals surface area contributed by atoms with Crippen LogP contribution in [0.3, 0.4) is 0 Å². The van der Waals surface area contributed by atoms with E-state index in [0.29, 0.717) is 27.8 Å². The number of phenolic OH excluding ortho intramolecular Hbond substituents is 1. The zero-order valence-electron chi connectivity index (χ0n) is 14.1. The molecule has 1 amide bonds. The number of amides is 1. The molecular weight excluding hydrogens is 375 g/mol. The number of para-hydroxylation sites is 1. The minimum atomic E-state index is -0.827. The van der Waals surface area contributed by atoms with Gasteiger partial charge in [0, 0.05) is 10.6 Å². The summed E-state index contributed by atoms with van der Waals surface area (Å²) in [6, 6.07) is 9.99. The summed E-state index contributed by atoms with van der Waals surface area (Å²) >= 11 is 11.8. The van der Waals surface area contributed by atoms with Gasteiger partial charge in [0.05, 0.1) is 11.2 Å². The molecule has 2 aromatic rings. The number of rotatable bonds is 7. The van der Waals surface area contributed by atoms with Crippen LogP contribution < -0.4 is 10.2 Å². The predicted molar refractivity (Wildman–Crippen MR) is 104 cm³/mol. The first-order valence-electron chi connectivity index (χ1n) is 7.78. The Balaban J connectivity index is 1.98. The Morgan fingerprint density at radius 1 is 1.38 bits per heavy atom. The Hall–Kier alpha value is -2.50. The topological polar surface area (TPSA) is 70.9 Å². The van der Waals surface area contributed by atoms with E-state index in [1.165, 1.54) is 12.3 Å². The van der Waals surface area contributed by atoms with Crippen LogP contribution >= 0.6 is 23.2 Å². The Kier molecular flexibility index (Phi) is 7.06. The van der Waals surface area contributed by atoms with Gasteiger partial charge in [-0.3, -0.25) is 4.79 Å². The highest BCUT2D eigenvalue weighted by Crippen LogP contribution is 2.28. The van der Waals surface area contributed by atoms with Crippen LogP contribution in [-0.4, -0.2) is 23.3 Å². The highest BCUT2D eigenvalue weighted by molar-refractivity contribution is 6.35. The van der Waals surface area contributed by atoms with E-state index in [2.05, 4.69) is 17.1 Å². The summed E-state index contributed by atoms with van der Waals surface area (Å²) in [5, 5.41) is 14.8. The summed E-state index contributed by atoms with van der Waals surface area (Å²) in [4.78, 5) is 12.1. The molecule has 0 radical (unpaired) electrons. The molecule has 0 saturated carbocycles. The van der Waals surface area contributed by atoms with Gasteiger partial charge in [-0.15, -0.1) is 6.58 Å². The molecule has 2 rings (SSSR count). The summed E-state index contributed by atoms with van der Waals surface area (Å²) in [6.45, 7) is 5.21. The molecule has 2 aromatic carbocycles. The van der Waals surface area contributed by atoms with E-state index in [1.54, 1.807) is 43.3 Å². The second-order valence-corrected chi connectivity index (χ2v) is 6.26. The average Bonchev–Trinajstić information content (AvgIpc) is 2.60. The van der Waals surface area contributed by atoms with Crippen molar-refractivity contribution < 1.29 is 14.6 Å². The fourth-order valence-electron chi connectivity index (χ4n) is 2.11. The third-order valence-electron chi connectivity index (χ3n) is 3.46. The molecule has 136 valence electrons. The largest absolute Gasteiger partial charge is 0.507 e. The van der Waals surface area contributed by atoms with Gasteiger partial charge in [-0.25, -0.2) is 5.43 Å². The molecule has 0 bridgehead atoms. The molecule has 0 saturated heterocycles. The third kappa shape index (κ3) is 5.25. The van der Waals surface area contributed by atoms with Crippen LogP contribution in [0, 0.1) is 0 Å². The minimum absolute atomic E-state index is 0.0997. The number of allylic oxidation sites excluding steroid dienone is 1. The summed E-state index contributed by atoms with van der Waals surface area (Å²) in [5.74, 6) is -0.0193. The zero-order valence-corrected chi connectivity index (χ0v) is 15.6. The van der Waals surface area contributed by atoms with Crippen molar-refractivity contribution in [3.05, 3.63) is 70.2 Å². The number of aromatic hydroxyl groups is 1. The van der Waals surface area contributed by atoms with Crippen LogP contribution in [0.4, 0.5) is 0 Å². The van der Waals surface area contributed by atoms with Crippen LogP contribution in [0.1, 0.15) is 18.1 Å². The predicted octanol–water partition coefficient (Wildman–Crippen LogP) is 4.35. The zero-order chi connectivity index (χ0) is 19.1. The number of nitrogens with zero attached hydrogens (tertiary/aromatic N) is 1. The molecule has 1 unspecified atom stereocenters. The summed E-state index contributed by atoms with van der Waals surface area (Å²) in [7, 11) is 0. The lowest BCUT2D eigenvalue weighted by molar-refractivity contribution is -0.127. The van der Waals surface area contributed by atoms with Crippen LogP contribution in [0.5, 0.6) is 11.5 Å². The van der Waals surface area contributed by atoms with E-state index in [1.807, 2.05) is 0 Å². The average molecular weight is 393 g/mol. The number of carbonyl (C=O) groups excluding carboxylic acids is 1. The van der Waals surface area contributed by atoms with Crippen molar-refractivity contribution in [2.75, 3.05) is 0 Å². The fourth-order valence-corrected chi connectivity index (χ4v) is 2.56. The summed E-state index contributed by atoms with van der Waals surface area (Å²) < 4.78 is 5.50. The number of benzene rings is 2. The SMILES string of the molecule is C=CCc1cccc(C=NNC(=O)C(C)Oc2ccc(Cl)cc2Cl)c1O. The Labute approximate surface area is 161 Å². The van der Waals surface area contributed by atoms with Crippen LogP contribution in [0.2, 0.25) is 10.0 Å². The normalized spacial score (nSPS) is 12.0. The van der Waals surface area contributed by atoms with Gasteiger partial charge in [-0.2, -0.15) is 5.10 Å². The van der Waals surface area contributed by atoms with E-state index in [-0.39, 0.29) is 5.75 Å². The van der Waals surface area contributed by atoms with Crippen molar-refractivity contribution in [2.24, 2.45) is 5.10 Å². The first kappa shape index (κ1) is 19.8. The van der Waals surface area contributed by atoms with Gasteiger partial charge in [0.2, 0.25) is 0 Å². The molecule has 0 heterocycles. The molecule has 0 aliphatic carbocycles. The van der Waals surface area contributed by atoms with Gasteiger partial charge >= 0.3 is 0 Å². The van der Waals surface area contributed by atoms with Crippen LogP contribution in [-0.2, 0) is 11.2 Å². The van der Waals surface area contributed by atoms with Gasteiger partial charge < -0.3 is 9.84 Å². The molecule has 26 heavy (non-hydrogen) atoms. The van der Waals surface area contributed by atoms with Crippen LogP contribution in [0.15, 0.2) is 54.2 Å². The lowest BCUT2D eigenvalue weighted by Crippen LogP contribution is -2.33. The molecule has 1 atom stereocenters. The van der Waals surface area contributed by atoms with Crippen molar-refractivity contribution in [2.45, 2.75) is 19.4 Å². The lowest BCUT2D eigenvalue weighted by Gasteiger charge is -2.14. The van der Waals surface area contributed by atoms with Gasteiger partial charge in [-0.1, -0.05) is 41.4 Å². The first-order valence-corrected chi connectivity index (χ1v) is 8.54. The maximum Gasteiger partial charge on any atom is 0.280 e. The maximum atomic E-state index is 12.1. The number of hydrogen-bond donors (Lipinski definition) is 2. The maximum absolute atomic E-state index is 12.1. The number of ether oxygens (including phenoxy) is 1. The van der Waals surface area contributed by atoms with Crippen molar-refractivity contribution in [3.63, 3.8) is 0 Å². The minimum Gasteiger partial charge on any atom is -0.507 e. The Morgan fingerprint density at radius 3 is 2.85 bits per heavy atom. The second-order valence-electron chi connectivity index (χ2n) is 5.42. The van der Waals surface area contributed by atoms with Gasteiger partial charge in [-0.05, 0) is 43.2 Å². The molecule has 5 nitrogen and oxygen atoms in total. The first-order chi connectivity index (χ1) is 12.4. The van der Waals surface area contributed by atoms with E-state index < -0.39 is 12.0 Å². The van der Waals surface area contributed by atoms with Crippen LogP contribution in [0.25, 0.3) is 0 Å². The number of halogens is 2. The molecule has 0 spiro atoms. The lowest BCUT2D eigenvalue weighted by atomic mass is 10.1. The van der Waals surface area contributed by atoms with E-state index >= 15 is 0 Å². The van der Waals surface area contributed by atoms with E-state index in [0.717, 1.165) is 5.56 Å². The molecule has 0 aliphatic rings.